The van der Waals surface area contributed by atoms with Crippen molar-refractivity contribution in [1.29, 1.82) is 0 Å². The molecule has 2 N–H and O–H groups in total. The van der Waals surface area contributed by atoms with Crippen LogP contribution in [0.4, 0.5) is 11.8 Å². The molecule has 0 aliphatic rings. The Morgan fingerprint density at radius 2 is 2.22 bits per heavy atom. The van der Waals surface area contributed by atoms with Gasteiger partial charge in [0, 0.05) is 23.7 Å². The van der Waals surface area contributed by atoms with Crippen LogP contribution in [-0.2, 0) is 0 Å². The van der Waals surface area contributed by atoms with Crippen molar-refractivity contribution < 1.29 is 0 Å². The number of nitrogens with zero attached hydrogens (tertiary/aromatic N) is 2. The van der Waals surface area contributed by atoms with E-state index in [1.807, 2.05) is 18.8 Å². The van der Waals surface area contributed by atoms with E-state index in [-0.39, 0.29) is 0 Å². The van der Waals surface area contributed by atoms with Gasteiger partial charge in [-0.15, -0.1) is 11.3 Å². The highest BCUT2D eigenvalue weighted by Gasteiger charge is 2.11. The molecule has 98 valence electrons. The summed E-state index contributed by atoms with van der Waals surface area (Å²) in [5.74, 6) is 2.65. The van der Waals surface area contributed by atoms with Crippen LogP contribution >= 0.6 is 23.1 Å². The van der Waals surface area contributed by atoms with Gasteiger partial charge in [-0.1, -0.05) is 0 Å². The number of anilines is 2. The lowest BCUT2D eigenvalue weighted by molar-refractivity contribution is 0.905. The van der Waals surface area contributed by atoms with Crippen molar-refractivity contribution in [2.45, 2.75) is 19.9 Å². The highest BCUT2D eigenvalue weighted by atomic mass is 32.2. The van der Waals surface area contributed by atoms with Crippen LogP contribution in [-0.4, -0.2) is 35.1 Å². The van der Waals surface area contributed by atoms with E-state index in [0.29, 0.717) is 12.0 Å². The number of hydrogen-bond acceptors (Lipinski definition) is 6. The van der Waals surface area contributed by atoms with Gasteiger partial charge in [-0.05, 0) is 26.2 Å². The Labute approximate surface area is 116 Å². The van der Waals surface area contributed by atoms with E-state index in [0.717, 1.165) is 21.8 Å². The second-order valence-corrected chi connectivity index (χ2v) is 6.37. The van der Waals surface area contributed by atoms with E-state index in [4.69, 9.17) is 0 Å². The van der Waals surface area contributed by atoms with E-state index in [1.165, 1.54) is 4.88 Å². The molecule has 0 saturated carbocycles. The van der Waals surface area contributed by atoms with Crippen LogP contribution in [0.1, 0.15) is 11.8 Å². The molecule has 0 amide bonds. The number of hydrogen-bond donors (Lipinski definition) is 2. The molecule has 0 radical (unpaired) electrons. The summed E-state index contributed by atoms with van der Waals surface area (Å²) >= 11 is 3.53. The van der Waals surface area contributed by atoms with E-state index in [1.54, 1.807) is 11.3 Å². The van der Waals surface area contributed by atoms with Crippen molar-refractivity contribution in [1.82, 2.24) is 9.97 Å². The van der Waals surface area contributed by atoms with Gasteiger partial charge in [-0.3, -0.25) is 0 Å². The molecule has 6 heteroatoms. The van der Waals surface area contributed by atoms with E-state index < -0.39 is 0 Å². The van der Waals surface area contributed by atoms with Gasteiger partial charge < -0.3 is 10.6 Å². The predicted molar refractivity (Wildman–Crippen MR) is 83.2 cm³/mol. The maximum atomic E-state index is 4.52. The summed E-state index contributed by atoms with van der Waals surface area (Å²) in [7, 11) is 1.84. The van der Waals surface area contributed by atoms with Crippen LogP contribution in [0.2, 0.25) is 0 Å². The summed E-state index contributed by atoms with van der Waals surface area (Å²) in [5, 5.41) is 7.60. The average Bonchev–Trinajstić information content (AvgIpc) is 2.69. The quantitative estimate of drug-likeness (QED) is 0.882. The molecule has 0 fully saturated rings. The van der Waals surface area contributed by atoms with Gasteiger partial charge in [0.1, 0.15) is 10.6 Å². The second-order valence-electron chi connectivity index (χ2n) is 4.22. The Balaban J connectivity index is 2.40. The van der Waals surface area contributed by atoms with Crippen molar-refractivity contribution in [3.63, 3.8) is 0 Å². The van der Waals surface area contributed by atoms with E-state index in [9.17, 15) is 0 Å². The summed E-state index contributed by atoms with van der Waals surface area (Å²) in [5.41, 5.74) is 0. The van der Waals surface area contributed by atoms with Gasteiger partial charge in [-0.25, -0.2) is 4.98 Å². The standard InChI is InChI=1S/C12H18N4S2/c1-7(6-17-4)14-10-9-5-8(2)18-11(9)16-12(13-3)15-10/h5,7H,6H2,1-4H3,(H2,13,14,15,16). The monoisotopic (exact) mass is 282 g/mol. The van der Waals surface area contributed by atoms with Crippen LogP contribution in [0.3, 0.4) is 0 Å². The SMILES string of the molecule is CNc1nc(NC(C)CSC)c2cc(C)sc2n1. The first-order chi connectivity index (χ1) is 8.63. The van der Waals surface area contributed by atoms with E-state index >= 15 is 0 Å². The molecular formula is C12H18N4S2. The number of aryl methyl sites for hydroxylation is 1. The molecule has 4 nitrogen and oxygen atoms in total. The Bertz CT molecular complexity index is 538. The summed E-state index contributed by atoms with van der Waals surface area (Å²) in [4.78, 5) is 11.3. The number of rotatable bonds is 5. The van der Waals surface area contributed by atoms with Gasteiger partial charge in [0.15, 0.2) is 0 Å². The smallest absolute Gasteiger partial charge is 0.225 e. The molecule has 0 saturated heterocycles. The van der Waals surface area contributed by atoms with E-state index in [2.05, 4.69) is 46.8 Å². The minimum absolute atomic E-state index is 0.392. The molecule has 2 rings (SSSR count). The lowest BCUT2D eigenvalue weighted by Gasteiger charge is -2.14. The maximum Gasteiger partial charge on any atom is 0.225 e. The molecule has 0 spiro atoms. The third-order valence-electron chi connectivity index (χ3n) is 2.54. The molecule has 0 aliphatic heterocycles. The lowest BCUT2D eigenvalue weighted by Crippen LogP contribution is -2.19. The highest BCUT2D eigenvalue weighted by molar-refractivity contribution is 7.98. The fraction of sp³-hybridized carbons (Fsp3) is 0.500. The number of nitrogens with one attached hydrogen (secondary N) is 2. The van der Waals surface area contributed by atoms with Gasteiger partial charge in [0.25, 0.3) is 0 Å². The van der Waals surface area contributed by atoms with Gasteiger partial charge in [0.2, 0.25) is 5.95 Å². The van der Waals surface area contributed by atoms with Crippen molar-refractivity contribution in [3.8, 4) is 0 Å². The molecule has 0 aromatic carbocycles. The normalized spacial score (nSPS) is 12.7. The van der Waals surface area contributed by atoms with Crippen LogP contribution < -0.4 is 10.6 Å². The minimum Gasteiger partial charge on any atom is -0.366 e. The fourth-order valence-corrected chi connectivity index (χ4v) is 3.25. The average molecular weight is 282 g/mol. The zero-order chi connectivity index (χ0) is 13.1. The van der Waals surface area contributed by atoms with Crippen LogP contribution in [0.25, 0.3) is 10.2 Å². The molecular weight excluding hydrogens is 264 g/mol. The van der Waals surface area contributed by atoms with Crippen molar-refractivity contribution in [2.75, 3.05) is 29.7 Å². The Hall–Kier alpha value is -1.01. The largest absolute Gasteiger partial charge is 0.366 e. The maximum absolute atomic E-state index is 4.52. The fourth-order valence-electron chi connectivity index (χ4n) is 1.79. The topological polar surface area (TPSA) is 49.8 Å². The Morgan fingerprint density at radius 1 is 1.44 bits per heavy atom. The zero-order valence-electron chi connectivity index (χ0n) is 11.1. The lowest BCUT2D eigenvalue weighted by atomic mass is 10.3. The first kappa shape index (κ1) is 13.4. The number of aromatic nitrogens is 2. The summed E-state index contributed by atoms with van der Waals surface area (Å²) in [6.07, 6.45) is 2.11. The minimum atomic E-state index is 0.392. The Morgan fingerprint density at radius 3 is 2.89 bits per heavy atom. The van der Waals surface area contributed by atoms with Crippen LogP contribution in [0, 0.1) is 6.92 Å². The molecule has 1 unspecified atom stereocenters. The second kappa shape index (κ2) is 5.75. The number of fused-ring (bicyclic) bond motifs is 1. The van der Waals surface area contributed by atoms with Crippen molar-refractivity contribution in [3.05, 3.63) is 10.9 Å². The summed E-state index contributed by atoms with van der Waals surface area (Å²) in [6.45, 7) is 4.27. The molecule has 2 heterocycles. The van der Waals surface area contributed by atoms with Gasteiger partial charge in [0.05, 0.1) is 5.39 Å². The predicted octanol–water partition coefficient (Wildman–Crippen LogP) is 3.20. The molecule has 2 aromatic rings. The molecule has 18 heavy (non-hydrogen) atoms. The third-order valence-corrected chi connectivity index (χ3v) is 4.32. The first-order valence-electron chi connectivity index (χ1n) is 5.85. The third kappa shape index (κ3) is 2.87. The summed E-state index contributed by atoms with van der Waals surface area (Å²) in [6, 6.07) is 2.54. The van der Waals surface area contributed by atoms with Crippen molar-refractivity contribution >= 4 is 45.1 Å². The molecule has 2 aromatic heterocycles. The van der Waals surface area contributed by atoms with Gasteiger partial charge in [-0.2, -0.15) is 16.7 Å². The van der Waals surface area contributed by atoms with Crippen molar-refractivity contribution in [2.24, 2.45) is 0 Å². The molecule has 0 aliphatic carbocycles. The molecule has 0 bridgehead atoms. The van der Waals surface area contributed by atoms with Crippen LogP contribution in [0.15, 0.2) is 6.07 Å². The summed E-state index contributed by atoms with van der Waals surface area (Å²) < 4.78 is 0. The van der Waals surface area contributed by atoms with Gasteiger partial charge >= 0.3 is 0 Å². The Kier molecular flexibility index (Phi) is 4.29. The highest BCUT2D eigenvalue weighted by Crippen LogP contribution is 2.29. The first-order valence-corrected chi connectivity index (χ1v) is 8.06. The number of thiophene rings is 1. The number of thioether (sulfide) groups is 1. The zero-order valence-corrected chi connectivity index (χ0v) is 12.7. The van der Waals surface area contributed by atoms with Crippen LogP contribution in [0.5, 0.6) is 0 Å². The molecule has 1 atom stereocenters.